The minimum absolute atomic E-state index is 0.199. The number of H-pyrrole nitrogens is 1. The summed E-state index contributed by atoms with van der Waals surface area (Å²) in [7, 11) is 1.43. The van der Waals surface area contributed by atoms with Gasteiger partial charge in [-0.15, -0.1) is 0 Å². The number of aromatic nitrogens is 1. The van der Waals surface area contributed by atoms with Crippen LogP contribution in [0.1, 0.15) is 36.6 Å². The predicted octanol–water partition coefficient (Wildman–Crippen LogP) is 2.65. The summed E-state index contributed by atoms with van der Waals surface area (Å²) in [6, 6.07) is 8.83. The van der Waals surface area contributed by atoms with Crippen LogP contribution in [0.5, 0.6) is 0 Å². The van der Waals surface area contributed by atoms with Gasteiger partial charge < -0.3 is 14.8 Å². The van der Waals surface area contributed by atoms with Crippen LogP contribution in [0.15, 0.2) is 24.3 Å². The summed E-state index contributed by atoms with van der Waals surface area (Å²) >= 11 is 0. The van der Waals surface area contributed by atoms with Crippen molar-refractivity contribution in [2.45, 2.75) is 37.8 Å². The Morgan fingerprint density at radius 2 is 2.15 bits per heavy atom. The number of rotatable bonds is 1. The fourth-order valence-corrected chi connectivity index (χ4v) is 5.80. The predicted molar refractivity (Wildman–Crippen MR) is 98.7 cm³/mol. The molecule has 5 atom stereocenters. The molecule has 3 heterocycles. The van der Waals surface area contributed by atoms with Crippen molar-refractivity contribution < 1.29 is 14.6 Å². The molecule has 1 aromatic carbocycles. The zero-order valence-electron chi connectivity index (χ0n) is 15.1. The molecule has 2 aromatic rings. The summed E-state index contributed by atoms with van der Waals surface area (Å²) in [4.78, 5) is 18.6. The Hall–Kier alpha value is -1.85. The fraction of sp³-hybridized carbons (Fsp3) is 0.571. The number of nitrogens with one attached hydrogen (secondary N) is 1. The molecule has 5 rings (SSSR count). The highest BCUT2D eigenvalue weighted by atomic mass is 16.5. The number of nitrogens with zero attached hydrogens (tertiary/aromatic N) is 1. The van der Waals surface area contributed by atoms with Crippen LogP contribution in [0.3, 0.4) is 0 Å². The van der Waals surface area contributed by atoms with Gasteiger partial charge in [-0.05, 0) is 49.1 Å². The van der Waals surface area contributed by atoms with E-state index in [0.717, 1.165) is 32.4 Å². The molecular weight excluding hydrogens is 328 g/mol. The molecule has 5 heteroatoms. The number of aromatic amines is 1. The van der Waals surface area contributed by atoms with Crippen molar-refractivity contribution in [3.05, 3.63) is 35.5 Å². The molecule has 138 valence electrons. The largest absolute Gasteiger partial charge is 0.469 e. The Bertz CT molecular complexity index is 845. The van der Waals surface area contributed by atoms with E-state index < -0.39 is 6.10 Å². The van der Waals surface area contributed by atoms with Gasteiger partial charge in [0.05, 0.1) is 25.2 Å². The lowest BCUT2D eigenvalue weighted by Crippen LogP contribution is -2.53. The van der Waals surface area contributed by atoms with Crippen LogP contribution in [-0.4, -0.2) is 47.3 Å². The van der Waals surface area contributed by atoms with Crippen LogP contribution >= 0.6 is 0 Å². The molecule has 5 nitrogen and oxygen atoms in total. The highest BCUT2D eigenvalue weighted by Crippen LogP contribution is 2.49. The summed E-state index contributed by atoms with van der Waals surface area (Å²) in [5.74, 6) is 0.0541. The highest BCUT2D eigenvalue weighted by molar-refractivity contribution is 5.85. The van der Waals surface area contributed by atoms with Crippen molar-refractivity contribution in [1.29, 1.82) is 0 Å². The number of aliphatic hydroxyl groups is 1. The number of carbonyl (C=O) groups is 1. The zero-order chi connectivity index (χ0) is 17.8. The van der Waals surface area contributed by atoms with E-state index in [1.807, 2.05) is 0 Å². The minimum Gasteiger partial charge on any atom is -0.469 e. The third-order valence-corrected chi connectivity index (χ3v) is 7.02. The number of fused-ring (bicyclic) bond motifs is 6. The van der Waals surface area contributed by atoms with E-state index in [1.165, 1.54) is 29.3 Å². The normalized spacial score (nSPS) is 34.0. The fourth-order valence-electron chi connectivity index (χ4n) is 5.80. The number of hydrogen-bond acceptors (Lipinski definition) is 4. The first-order chi connectivity index (χ1) is 12.7. The van der Waals surface area contributed by atoms with E-state index in [-0.39, 0.29) is 17.8 Å². The lowest BCUT2D eigenvalue weighted by Gasteiger charge is -2.50. The van der Waals surface area contributed by atoms with Crippen molar-refractivity contribution in [3.63, 3.8) is 0 Å². The van der Waals surface area contributed by atoms with E-state index in [2.05, 4.69) is 34.1 Å². The number of benzene rings is 1. The van der Waals surface area contributed by atoms with Crippen LogP contribution in [0.25, 0.3) is 10.9 Å². The molecule has 0 bridgehead atoms. The van der Waals surface area contributed by atoms with Gasteiger partial charge in [0.25, 0.3) is 0 Å². The zero-order valence-corrected chi connectivity index (χ0v) is 15.1. The maximum absolute atomic E-state index is 12.4. The molecule has 26 heavy (non-hydrogen) atoms. The highest BCUT2D eigenvalue weighted by Gasteiger charge is 2.49. The van der Waals surface area contributed by atoms with E-state index in [0.29, 0.717) is 18.4 Å². The quantitative estimate of drug-likeness (QED) is 0.773. The van der Waals surface area contributed by atoms with Gasteiger partial charge in [-0.3, -0.25) is 9.69 Å². The number of piperidine rings is 1. The van der Waals surface area contributed by atoms with Crippen LogP contribution in [0, 0.1) is 17.8 Å². The third-order valence-electron chi connectivity index (χ3n) is 7.02. The Labute approximate surface area is 153 Å². The Balaban J connectivity index is 1.52. The summed E-state index contributed by atoms with van der Waals surface area (Å²) in [5, 5.41) is 11.8. The topological polar surface area (TPSA) is 65.6 Å². The van der Waals surface area contributed by atoms with E-state index in [4.69, 9.17) is 4.74 Å². The molecule has 2 N–H and O–H groups in total. The van der Waals surface area contributed by atoms with Crippen molar-refractivity contribution >= 4 is 16.9 Å². The molecule has 0 amide bonds. The SMILES string of the molecule is COC(=O)C1[C@H]2C[C@H]3c4[nH]c5ccccc5c4CCN3C[C@H]2CC[C@@H]1O. The standard InChI is InChI=1S/C21H26N2O3/c1-26-21(25)19-15-10-17-20-14(13-4-2-3-5-16(13)22-20)8-9-23(17)11-12(15)6-7-18(19)24/h2-5,12,15,17-19,22,24H,6-11H2,1H3/t12-,15+,17+,18+,19?/m1/s1. The molecule has 0 spiro atoms. The van der Waals surface area contributed by atoms with Gasteiger partial charge in [0.2, 0.25) is 0 Å². The number of esters is 1. The minimum atomic E-state index is -0.568. The number of para-hydroxylation sites is 1. The van der Waals surface area contributed by atoms with Gasteiger partial charge in [0.1, 0.15) is 0 Å². The van der Waals surface area contributed by atoms with Crippen molar-refractivity contribution in [1.82, 2.24) is 9.88 Å². The smallest absolute Gasteiger partial charge is 0.311 e. The summed E-state index contributed by atoms with van der Waals surface area (Å²) in [6.07, 6.45) is 3.14. The number of methoxy groups -OCH3 is 1. The lowest BCUT2D eigenvalue weighted by atomic mass is 9.65. The van der Waals surface area contributed by atoms with E-state index in [9.17, 15) is 9.90 Å². The first-order valence-electron chi connectivity index (χ1n) is 9.76. The molecule has 2 fully saturated rings. The molecule has 1 aliphatic carbocycles. The Kier molecular flexibility index (Phi) is 3.83. The second-order valence-electron chi connectivity index (χ2n) is 8.18. The maximum atomic E-state index is 12.4. The van der Waals surface area contributed by atoms with Crippen LogP contribution < -0.4 is 0 Å². The van der Waals surface area contributed by atoms with Gasteiger partial charge in [0.15, 0.2) is 0 Å². The number of aliphatic hydroxyl groups excluding tert-OH is 1. The molecule has 3 aliphatic rings. The summed E-state index contributed by atoms with van der Waals surface area (Å²) in [6.45, 7) is 2.10. The van der Waals surface area contributed by atoms with E-state index in [1.54, 1.807) is 0 Å². The van der Waals surface area contributed by atoms with Crippen LogP contribution in [-0.2, 0) is 16.0 Å². The molecule has 1 unspecified atom stereocenters. The van der Waals surface area contributed by atoms with Crippen molar-refractivity contribution in [3.8, 4) is 0 Å². The summed E-state index contributed by atoms with van der Waals surface area (Å²) in [5.41, 5.74) is 3.96. The Morgan fingerprint density at radius 3 is 3.00 bits per heavy atom. The maximum Gasteiger partial charge on any atom is 0.311 e. The number of hydrogen-bond donors (Lipinski definition) is 2. The second-order valence-corrected chi connectivity index (χ2v) is 8.18. The lowest BCUT2D eigenvalue weighted by molar-refractivity contribution is -0.160. The number of ether oxygens (including phenoxy) is 1. The molecular formula is C21H26N2O3. The summed E-state index contributed by atoms with van der Waals surface area (Å²) < 4.78 is 5.04. The first kappa shape index (κ1) is 16.3. The van der Waals surface area contributed by atoms with Crippen molar-refractivity contribution in [2.75, 3.05) is 20.2 Å². The number of carbonyl (C=O) groups excluding carboxylic acids is 1. The molecule has 2 aliphatic heterocycles. The monoisotopic (exact) mass is 354 g/mol. The van der Waals surface area contributed by atoms with Crippen LogP contribution in [0.2, 0.25) is 0 Å². The molecule has 0 radical (unpaired) electrons. The van der Waals surface area contributed by atoms with Gasteiger partial charge in [-0.25, -0.2) is 0 Å². The van der Waals surface area contributed by atoms with Crippen LogP contribution in [0.4, 0.5) is 0 Å². The first-order valence-corrected chi connectivity index (χ1v) is 9.76. The molecule has 1 saturated heterocycles. The Morgan fingerprint density at radius 1 is 1.31 bits per heavy atom. The van der Waals surface area contributed by atoms with Gasteiger partial charge in [-0.2, -0.15) is 0 Å². The van der Waals surface area contributed by atoms with E-state index >= 15 is 0 Å². The van der Waals surface area contributed by atoms with Gasteiger partial charge in [-0.1, -0.05) is 18.2 Å². The van der Waals surface area contributed by atoms with Gasteiger partial charge in [0, 0.05) is 29.7 Å². The molecule has 1 aromatic heterocycles. The van der Waals surface area contributed by atoms with Crippen molar-refractivity contribution in [2.24, 2.45) is 17.8 Å². The average molecular weight is 354 g/mol. The molecule has 1 saturated carbocycles. The average Bonchev–Trinajstić information content (AvgIpc) is 3.05. The van der Waals surface area contributed by atoms with Gasteiger partial charge >= 0.3 is 5.97 Å². The third kappa shape index (κ3) is 2.33. The second kappa shape index (κ2) is 6.10.